The molecule has 0 bridgehead atoms. The van der Waals surface area contributed by atoms with E-state index < -0.39 is 0 Å². The van der Waals surface area contributed by atoms with Crippen LogP contribution in [0, 0.1) is 0 Å². The first-order valence-electron chi connectivity index (χ1n) is 11.6. The van der Waals surface area contributed by atoms with Gasteiger partial charge in [-0.15, -0.1) is 0 Å². The first kappa shape index (κ1) is 22.1. The number of para-hydroxylation sites is 1. The van der Waals surface area contributed by atoms with Crippen LogP contribution in [0.15, 0.2) is 106 Å². The quantitative estimate of drug-likeness (QED) is 0.350. The predicted octanol–water partition coefficient (Wildman–Crippen LogP) is 5.71. The summed E-state index contributed by atoms with van der Waals surface area (Å²) in [5.74, 6) is 0.463. The average molecular weight is 491 g/mol. The normalized spacial score (nSPS) is 13.9. The Morgan fingerprint density at radius 3 is 2.42 bits per heavy atom. The molecular formula is C29H22N4O2S. The Balaban J connectivity index is 1.51. The van der Waals surface area contributed by atoms with Crippen LogP contribution in [0.2, 0.25) is 0 Å². The van der Waals surface area contributed by atoms with Gasteiger partial charge in [0.15, 0.2) is 5.82 Å². The summed E-state index contributed by atoms with van der Waals surface area (Å²) in [6, 6.07) is 27.7. The number of carbonyl (C=O) groups is 1. The van der Waals surface area contributed by atoms with E-state index in [1.165, 1.54) is 18.7 Å². The molecule has 176 valence electrons. The van der Waals surface area contributed by atoms with Gasteiger partial charge in [0.05, 0.1) is 22.1 Å². The minimum atomic E-state index is -0.224. The lowest BCUT2D eigenvalue weighted by atomic mass is 10.1. The van der Waals surface area contributed by atoms with Gasteiger partial charge < -0.3 is 4.98 Å². The van der Waals surface area contributed by atoms with Crippen molar-refractivity contribution in [2.75, 3.05) is 4.90 Å². The minimum Gasteiger partial charge on any atom is -0.354 e. The SMILES string of the molecule is CC(=O)N1C(=Cc2nc3c(Cc4ccccc4)[nH]c(-c4ccccc4)cn-3c2=O)Sc2ccccc21. The van der Waals surface area contributed by atoms with Crippen molar-refractivity contribution >= 4 is 29.4 Å². The third-order valence-corrected chi connectivity index (χ3v) is 7.21. The van der Waals surface area contributed by atoms with Crippen LogP contribution in [0.25, 0.3) is 23.2 Å². The van der Waals surface area contributed by atoms with Crippen LogP contribution in [-0.2, 0) is 11.2 Å². The van der Waals surface area contributed by atoms with Gasteiger partial charge in [0.25, 0.3) is 5.56 Å². The molecule has 0 radical (unpaired) electrons. The van der Waals surface area contributed by atoms with E-state index in [0.717, 1.165) is 33.1 Å². The second-order valence-electron chi connectivity index (χ2n) is 8.58. The van der Waals surface area contributed by atoms with E-state index in [9.17, 15) is 9.59 Å². The number of hydrogen-bond acceptors (Lipinski definition) is 4. The van der Waals surface area contributed by atoms with Crippen molar-refractivity contribution < 1.29 is 4.79 Å². The van der Waals surface area contributed by atoms with Gasteiger partial charge in [-0.05, 0) is 23.3 Å². The molecule has 3 aliphatic heterocycles. The number of nitrogens with zero attached hydrogens (tertiary/aromatic N) is 3. The van der Waals surface area contributed by atoms with Gasteiger partial charge in [-0.25, -0.2) is 4.98 Å². The molecule has 3 aromatic rings. The Bertz CT molecular complexity index is 1640. The maximum absolute atomic E-state index is 13.6. The largest absolute Gasteiger partial charge is 0.354 e. The fourth-order valence-corrected chi connectivity index (χ4v) is 5.60. The molecular weight excluding hydrogens is 468 g/mol. The lowest BCUT2D eigenvalue weighted by Crippen LogP contribution is -2.23. The number of anilines is 1. The molecule has 1 amide bonds. The molecule has 6 nitrogen and oxygen atoms in total. The zero-order valence-electron chi connectivity index (χ0n) is 19.5. The highest BCUT2D eigenvalue weighted by atomic mass is 32.2. The summed E-state index contributed by atoms with van der Waals surface area (Å²) in [7, 11) is 0. The standard InChI is InChI=1S/C29H22N4O2S/c1-19(34)33-25-14-8-9-15-26(25)36-27(33)17-23-29(35)32-18-24(21-12-6-3-7-13-21)30-22(28(32)31-23)16-20-10-4-2-5-11-20/h2-15,17-18,30H,16H2,1H3. The zero-order chi connectivity index (χ0) is 24.6. The number of rotatable bonds is 4. The smallest absolute Gasteiger partial charge is 0.282 e. The Kier molecular flexibility index (Phi) is 5.54. The van der Waals surface area contributed by atoms with E-state index in [0.29, 0.717) is 23.0 Å². The monoisotopic (exact) mass is 490 g/mol. The molecule has 0 unspecified atom stereocenters. The highest BCUT2D eigenvalue weighted by Gasteiger charge is 2.29. The number of fused-ring (bicyclic) bond motifs is 2. The number of aromatic amines is 1. The number of H-pyrrole nitrogens is 1. The summed E-state index contributed by atoms with van der Waals surface area (Å²) in [6.45, 7) is 1.53. The molecule has 6 rings (SSSR count). The number of thioether (sulfide) groups is 1. The molecule has 0 aliphatic carbocycles. The van der Waals surface area contributed by atoms with E-state index in [4.69, 9.17) is 4.98 Å². The lowest BCUT2D eigenvalue weighted by molar-refractivity contribution is -0.116. The van der Waals surface area contributed by atoms with Crippen molar-refractivity contribution in [1.82, 2.24) is 14.5 Å². The number of nitrogens with one attached hydrogen (secondary N) is 1. The van der Waals surface area contributed by atoms with Crippen LogP contribution in [-0.4, -0.2) is 20.4 Å². The molecule has 0 saturated heterocycles. The van der Waals surface area contributed by atoms with E-state index >= 15 is 0 Å². The molecule has 0 saturated carbocycles. The van der Waals surface area contributed by atoms with E-state index in [1.54, 1.807) is 21.7 Å². The number of amides is 1. The third-order valence-electron chi connectivity index (χ3n) is 6.13. The first-order chi connectivity index (χ1) is 17.6. The Morgan fingerprint density at radius 1 is 0.972 bits per heavy atom. The summed E-state index contributed by atoms with van der Waals surface area (Å²) in [5, 5.41) is 0.668. The predicted molar refractivity (Wildman–Crippen MR) is 143 cm³/mol. The van der Waals surface area contributed by atoms with Crippen LogP contribution in [0.3, 0.4) is 0 Å². The third kappa shape index (κ3) is 3.93. The molecule has 3 aromatic carbocycles. The van der Waals surface area contributed by atoms with Gasteiger partial charge in [-0.3, -0.25) is 19.1 Å². The van der Waals surface area contributed by atoms with Crippen molar-refractivity contribution in [3.05, 3.63) is 123 Å². The van der Waals surface area contributed by atoms with Gasteiger partial charge in [0.2, 0.25) is 5.91 Å². The maximum atomic E-state index is 13.6. The minimum absolute atomic E-state index is 0.112. The summed E-state index contributed by atoms with van der Waals surface area (Å²) < 4.78 is 1.61. The van der Waals surface area contributed by atoms with E-state index in [2.05, 4.69) is 17.1 Å². The van der Waals surface area contributed by atoms with Crippen molar-refractivity contribution in [3.8, 4) is 17.1 Å². The molecule has 0 spiro atoms. The van der Waals surface area contributed by atoms with Gasteiger partial charge in [-0.2, -0.15) is 0 Å². The Morgan fingerprint density at radius 2 is 1.67 bits per heavy atom. The van der Waals surface area contributed by atoms with Crippen LogP contribution < -0.4 is 10.5 Å². The first-order valence-corrected chi connectivity index (χ1v) is 12.4. The Labute approximate surface area is 212 Å². The molecule has 3 aliphatic rings. The summed E-state index contributed by atoms with van der Waals surface area (Å²) in [5.41, 5.74) is 4.65. The second-order valence-corrected chi connectivity index (χ2v) is 9.64. The molecule has 1 N–H and O–H groups in total. The number of benzene rings is 3. The molecule has 0 atom stereocenters. The molecule has 0 aromatic heterocycles. The highest BCUT2D eigenvalue weighted by Crippen LogP contribution is 2.46. The lowest BCUT2D eigenvalue weighted by Gasteiger charge is -2.15. The molecule has 7 heteroatoms. The number of aromatic nitrogens is 3. The highest BCUT2D eigenvalue weighted by molar-refractivity contribution is 8.04. The summed E-state index contributed by atoms with van der Waals surface area (Å²) in [4.78, 5) is 36.9. The van der Waals surface area contributed by atoms with Crippen molar-refractivity contribution in [3.63, 3.8) is 0 Å². The fourth-order valence-electron chi connectivity index (χ4n) is 4.47. The van der Waals surface area contributed by atoms with E-state index in [-0.39, 0.29) is 11.5 Å². The summed E-state index contributed by atoms with van der Waals surface area (Å²) >= 11 is 1.46. The zero-order valence-corrected chi connectivity index (χ0v) is 20.3. The van der Waals surface area contributed by atoms with Gasteiger partial charge in [0, 0.05) is 30.5 Å². The van der Waals surface area contributed by atoms with Crippen LogP contribution in [0.5, 0.6) is 0 Å². The van der Waals surface area contributed by atoms with Crippen molar-refractivity contribution in [2.24, 2.45) is 0 Å². The van der Waals surface area contributed by atoms with Crippen molar-refractivity contribution in [1.29, 1.82) is 0 Å². The van der Waals surface area contributed by atoms with E-state index in [1.807, 2.05) is 72.8 Å². The average Bonchev–Trinajstić information content (AvgIpc) is 3.43. The number of hydrogen-bond donors (Lipinski definition) is 1. The van der Waals surface area contributed by atoms with Crippen LogP contribution in [0.4, 0.5) is 5.69 Å². The molecule has 3 heterocycles. The van der Waals surface area contributed by atoms with Gasteiger partial charge in [0.1, 0.15) is 5.69 Å². The van der Waals surface area contributed by atoms with Gasteiger partial charge >= 0.3 is 0 Å². The fraction of sp³-hybridized carbons (Fsp3) is 0.0690. The summed E-state index contributed by atoms with van der Waals surface area (Å²) in [6.07, 6.45) is 4.11. The van der Waals surface area contributed by atoms with Crippen LogP contribution in [0.1, 0.15) is 23.9 Å². The topological polar surface area (TPSA) is 71.0 Å². The molecule has 36 heavy (non-hydrogen) atoms. The Hall–Kier alpha value is -4.36. The number of imidazole rings is 1. The van der Waals surface area contributed by atoms with Crippen molar-refractivity contribution in [2.45, 2.75) is 18.2 Å². The molecule has 0 fully saturated rings. The number of carbonyl (C=O) groups excluding carboxylic acids is 1. The van der Waals surface area contributed by atoms with Gasteiger partial charge in [-0.1, -0.05) is 84.6 Å². The maximum Gasteiger partial charge on any atom is 0.282 e. The second kappa shape index (κ2) is 9.02. The van der Waals surface area contributed by atoms with Crippen LogP contribution >= 0.6 is 11.8 Å².